The number of hydrogen-bond donors (Lipinski definition) is 0. The largest absolute Gasteiger partial charge is 0.364 e. The van der Waals surface area contributed by atoms with E-state index in [4.69, 9.17) is 10.1 Å². The van der Waals surface area contributed by atoms with Crippen molar-refractivity contribution in [3.63, 3.8) is 0 Å². The van der Waals surface area contributed by atoms with Gasteiger partial charge in [0.1, 0.15) is 22.4 Å². The van der Waals surface area contributed by atoms with Crippen LogP contribution in [0.4, 0.5) is 5.69 Å². The zero-order valence-electron chi connectivity index (χ0n) is 22.5. The number of aromatic nitrogens is 5. The summed E-state index contributed by atoms with van der Waals surface area (Å²) in [4.78, 5) is 28.6. The van der Waals surface area contributed by atoms with E-state index in [1.807, 2.05) is 31.8 Å². The molecular weight excluding hydrogens is 482 g/mol. The van der Waals surface area contributed by atoms with Crippen LogP contribution in [0, 0.1) is 18.8 Å². The third-order valence-corrected chi connectivity index (χ3v) is 8.54. The summed E-state index contributed by atoms with van der Waals surface area (Å²) in [5, 5.41) is 5.91. The molecule has 0 saturated carbocycles. The van der Waals surface area contributed by atoms with Crippen molar-refractivity contribution in [3.05, 3.63) is 45.5 Å². The van der Waals surface area contributed by atoms with Crippen molar-refractivity contribution in [1.82, 2.24) is 29.2 Å². The van der Waals surface area contributed by atoms with E-state index in [0.717, 1.165) is 63.7 Å². The first-order valence-corrected chi connectivity index (χ1v) is 13.9. The molecule has 194 valence electrons. The van der Waals surface area contributed by atoms with Crippen LogP contribution in [-0.4, -0.2) is 54.4 Å². The topological polar surface area (TPSA) is 72.1 Å². The van der Waals surface area contributed by atoms with Gasteiger partial charge >= 0.3 is 0 Å². The van der Waals surface area contributed by atoms with Crippen molar-refractivity contribution in [2.24, 2.45) is 7.05 Å². The molecule has 1 saturated heterocycles. The Morgan fingerprint density at radius 1 is 1.16 bits per heavy atom. The molecule has 9 heteroatoms. The Morgan fingerprint density at radius 3 is 2.68 bits per heavy atom. The molecule has 5 heterocycles. The number of piperazine rings is 1. The third kappa shape index (κ3) is 4.64. The van der Waals surface area contributed by atoms with Crippen molar-refractivity contribution in [1.29, 1.82) is 0 Å². The number of hydrogen-bond acceptors (Lipinski definition) is 7. The zero-order chi connectivity index (χ0) is 26.3. The van der Waals surface area contributed by atoms with Gasteiger partial charge in [-0.25, -0.2) is 9.97 Å². The predicted molar refractivity (Wildman–Crippen MR) is 151 cm³/mol. The van der Waals surface area contributed by atoms with Gasteiger partial charge in [-0.05, 0) is 45.7 Å². The summed E-state index contributed by atoms with van der Waals surface area (Å²) in [6.07, 6.45) is 3.91. The monoisotopic (exact) mass is 517 g/mol. The van der Waals surface area contributed by atoms with Gasteiger partial charge in [-0.15, -0.1) is 5.92 Å². The molecule has 0 amide bonds. The van der Waals surface area contributed by atoms with Crippen LogP contribution in [0.5, 0.6) is 0 Å². The molecule has 0 bridgehead atoms. The lowest BCUT2D eigenvalue weighted by Gasteiger charge is -2.49. The van der Waals surface area contributed by atoms with Crippen LogP contribution in [0.1, 0.15) is 57.3 Å². The van der Waals surface area contributed by atoms with E-state index in [0.29, 0.717) is 12.6 Å². The van der Waals surface area contributed by atoms with Gasteiger partial charge in [-0.1, -0.05) is 31.1 Å². The highest BCUT2D eigenvalue weighted by atomic mass is 32.1. The maximum absolute atomic E-state index is 13.0. The molecule has 1 unspecified atom stereocenters. The Morgan fingerprint density at radius 2 is 1.95 bits per heavy atom. The standard InChI is InChI=1S/C28H35N7OS/c1-7-10-13-33-17-25-27(31-33)24(14-26(36)32(25)6)35-16-20(8-2)34(15-21(35)9-3)18(4)22-11-12-23-28(30-22)37-19(5)29-23/h11-12,14,17-18,20-21H,8-9,13,15-16H2,1-6H3/t18?,20-,21+/m1/s1. The van der Waals surface area contributed by atoms with Crippen LogP contribution in [-0.2, 0) is 13.6 Å². The molecule has 0 aliphatic carbocycles. The summed E-state index contributed by atoms with van der Waals surface area (Å²) < 4.78 is 3.52. The summed E-state index contributed by atoms with van der Waals surface area (Å²) in [6, 6.07) is 6.76. The highest BCUT2D eigenvalue weighted by Gasteiger charge is 2.36. The Hall–Kier alpha value is -3.22. The van der Waals surface area contributed by atoms with Crippen molar-refractivity contribution in [2.75, 3.05) is 18.0 Å². The number of thiazole rings is 1. The van der Waals surface area contributed by atoms with Crippen molar-refractivity contribution in [2.45, 2.75) is 72.1 Å². The Labute approximate surface area is 221 Å². The number of rotatable bonds is 6. The number of pyridine rings is 2. The second kappa shape index (κ2) is 10.3. The van der Waals surface area contributed by atoms with Gasteiger partial charge in [0.2, 0.25) is 0 Å². The molecule has 0 aromatic carbocycles. The lowest BCUT2D eigenvalue weighted by Crippen LogP contribution is -2.58. The lowest BCUT2D eigenvalue weighted by molar-refractivity contribution is 0.0993. The van der Waals surface area contributed by atoms with Crippen LogP contribution in [0.25, 0.3) is 21.4 Å². The number of nitrogens with zero attached hydrogens (tertiary/aromatic N) is 7. The van der Waals surface area contributed by atoms with Gasteiger partial charge in [0, 0.05) is 44.3 Å². The molecule has 1 aliphatic heterocycles. The van der Waals surface area contributed by atoms with Crippen LogP contribution in [0.3, 0.4) is 0 Å². The minimum absolute atomic E-state index is 0.0142. The van der Waals surface area contributed by atoms with Crippen LogP contribution >= 0.6 is 11.3 Å². The van der Waals surface area contributed by atoms with Gasteiger partial charge in [-0.3, -0.25) is 14.4 Å². The van der Waals surface area contributed by atoms with Crippen molar-refractivity contribution < 1.29 is 0 Å². The highest BCUT2D eigenvalue weighted by Crippen LogP contribution is 2.34. The molecule has 1 fully saturated rings. The second-order valence-electron chi connectivity index (χ2n) is 9.86. The summed E-state index contributed by atoms with van der Waals surface area (Å²) in [6.45, 7) is 12.8. The smallest absolute Gasteiger partial charge is 0.252 e. The van der Waals surface area contributed by atoms with E-state index >= 15 is 0 Å². The predicted octanol–water partition coefficient (Wildman–Crippen LogP) is 4.51. The molecule has 5 rings (SSSR count). The number of anilines is 1. The van der Waals surface area contributed by atoms with E-state index < -0.39 is 0 Å². The van der Waals surface area contributed by atoms with E-state index in [-0.39, 0.29) is 17.6 Å². The quantitative estimate of drug-likeness (QED) is 0.351. The Bertz CT molecular complexity index is 1560. The lowest BCUT2D eigenvalue weighted by atomic mass is 9.98. The van der Waals surface area contributed by atoms with E-state index in [9.17, 15) is 4.79 Å². The summed E-state index contributed by atoms with van der Waals surface area (Å²) in [5.41, 5.74) is 4.68. The fourth-order valence-electron chi connectivity index (χ4n) is 5.50. The van der Waals surface area contributed by atoms with Gasteiger partial charge < -0.3 is 9.47 Å². The molecular formula is C28H35N7OS. The molecule has 3 atom stereocenters. The second-order valence-corrected chi connectivity index (χ2v) is 11.0. The molecule has 0 radical (unpaired) electrons. The first kappa shape index (κ1) is 25.4. The molecule has 4 aromatic rings. The molecule has 0 N–H and O–H groups in total. The van der Waals surface area contributed by atoms with Crippen LogP contribution in [0.2, 0.25) is 0 Å². The summed E-state index contributed by atoms with van der Waals surface area (Å²) in [5.74, 6) is 6.01. The molecule has 37 heavy (non-hydrogen) atoms. The maximum Gasteiger partial charge on any atom is 0.252 e. The molecule has 1 aliphatic rings. The van der Waals surface area contributed by atoms with Crippen LogP contribution in [0.15, 0.2) is 29.2 Å². The Balaban J connectivity index is 1.50. The van der Waals surface area contributed by atoms with Crippen molar-refractivity contribution >= 4 is 38.4 Å². The minimum atomic E-state index is -0.0142. The SMILES string of the molecule is CC#CCn1cc2c(n1)c(N1C[C@@H](CC)N(C(C)c3ccc4nc(C)sc4n3)C[C@@H]1CC)cc(=O)n2C. The average molecular weight is 518 g/mol. The molecule has 4 aromatic heterocycles. The van der Waals surface area contributed by atoms with E-state index in [1.54, 1.807) is 22.0 Å². The maximum atomic E-state index is 13.0. The van der Waals surface area contributed by atoms with E-state index in [2.05, 4.69) is 59.5 Å². The van der Waals surface area contributed by atoms with E-state index in [1.165, 1.54) is 0 Å². The first-order valence-electron chi connectivity index (χ1n) is 13.1. The van der Waals surface area contributed by atoms with Gasteiger partial charge in [0.05, 0.1) is 28.1 Å². The van der Waals surface area contributed by atoms with Crippen LogP contribution < -0.4 is 10.5 Å². The highest BCUT2D eigenvalue weighted by molar-refractivity contribution is 7.18. The summed E-state index contributed by atoms with van der Waals surface area (Å²) in [7, 11) is 1.81. The van der Waals surface area contributed by atoms with Crippen molar-refractivity contribution in [3.8, 4) is 11.8 Å². The minimum Gasteiger partial charge on any atom is -0.364 e. The Kier molecular flexibility index (Phi) is 7.06. The average Bonchev–Trinajstić information content (AvgIpc) is 3.50. The van der Waals surface area contributed by atoms with Gasteiger partial charge in [-0.2, -0.15) is 5.10 Å². The number of aryl methyl sites for hydroxylation is 2. The van der Waals surface area contributed by atoms with Gasteiger partial charge in [0.25, 0.3) is 5.56 Å². The molecule has 8 nitrogen and oxygen atoms in total. The number of fused-ring (bicyclic) bond motifs is 2. The molecule has 0 spiro atoms. The fraction of sp³-hybridized carbons (Fsp3) is 0.500. The summed E-state index contributed by atoms with van der Waals surface area (Å²) >= 11 is 1.65. The first-order chi connectivity index (χ1) is 17.8. The zero-order valence-corrected chi connectivity index (χ0v) is 23.3. The van der Waals surface area contributed by atoms with Gasteiger partial charge in [0.15, 0.2) is 0 Å². The third-order valence-electron chi connectivity index (χ3n) is 7.66. The fourth-order valence-corrected chi connectivity index (χ4v) is 6.29. The normalized spacial score (nSPS) is 19.4.